The Balaban J connectivity index is 0.000000560. The second kappa shape index (κ2) is 36.5. The molecule has 0 aliphatic heterocycles. The van der Waals surface area contributed by atoms with E-state index in [2.05, 4.69) is 257 Å². The number of carbonyl (C=O) groups excluding carboxylic acids is 1. The van der Waals surface area contributed by atoms with Crippen molar-refractivity contribution in [2.75, 3.05) is 19.6 Å². The molecule has 5 N–H and O–H groups in total. The standard InChI is InChI=1S/C18H25NO2.C16H23N.C13H17N.C11H13F3O3S.C10H13Br.C10H14O/c1-17(2,3)15-11-9-14(10-12-15)8-7-13-19-16(20)21-18(4,5)6;1-13(2)17-12-6-7-14-8-10-15(11-9-14)16(3,4)5;1-13(2,3)12-8-6-11(7-9-12)5-4-10-14;1-10(2,3)8-4-6-9(7-5-8)17-18(15,16)11(12,13)14;2*1-10(2,3)8-4-6-9(11)7-5-8/h9-12H,13H2,1-6H3,(H,19,20);8-11,13,17H,12H2,1-5H3;6-9H,10,14H2,1-3H3;4-7H,1-3H3;4-7H,1-3H3;4-7,11H,1-3H3. The van der Waals surface area contributed by atoms with Crippen LogP contribution in [0.15, 0.2) is 150 Å². The van der Waals surface area contributed by atoms with Crippen molar-refractivity contribution < 1.29 is 40.4 Å². The van der Waals surface area contributed by atoms with Crippen LogP contribution in [0.3, 0.4) is 0 Å². The second-order valence-corrected chi connectivity index (χ2v) is 31.7. The number of carbonyl (C=O) groups is 1. The van der Waals surface area contributed by atoms with Crippen LogP contribution in [0.1, 0.15) is 209 Å². The molecule has 0 fully saturated rings. The molecule has 9 nitrogen and oxygen atoms in total. The maximum absolute atomic E-state index is 12.1. The minimum Gasteiger partial charge on any atom is -0.508 e. The number of alkyl carbamates (subject to hydrolysis) is 1. The number of ether oxygens (including phenoxy) is 1. The molecule has 6 aromatic rings. The van der Waals surface area contributed by atoms with Crippen molar-refractivity contribution in [3.63, 3.8) is 0 Å². The number of rotatable bonds is 5. The van der Waals surface area contributed by atoms with Crippen LogP contribution >= 0.6 is 15.9 Å². The van der Waals surface area contributed by atoms with Crippen molar-refractivity contribution in [3.05, 3.63) is 200 Å². The van der Waals surface area contributed by atoms with Crippen molar-refractivity contribution in [1.82, 2.24) is 10.6 Å². The average Bonchev–Trinajstić information content (AvgIpc) is 0.890. The van der Waals surface area contributed by atoms with Crippen molar-refractivity contribution in [3.8, 4) is 47.0 Å². The molecule has 6 aromatic carbocycles. The number of hydrogen-bond acceptors (Lipinski definition) is 8. The lowest BCUT2D eigenvalue weighted by Crippen LogP contribution is -2.32. The number of nitrogens with one attached hydrogen (secondary N) is 2. The van der Waals surface area contributed by atoms with Gasteiger partial charge in [-0.15, -0.1) is 0 Å². The Bertz CT molecular complexity index is 3410. The number of amides is 1. The maximum Gasteiger partial charge on any atom is 0.534 e. The Kier molecular flexibility index (Phi) is 32.9. The van der Waals surface area contributed by atoms with Gasteiger partial charge in [-0.25, -0.2) is 4.79 Å². The molecule has 0 aromatic heterocycles. The number of halogens is 4. The van der Waals surface area contributed by atoms with Gasteiger partial charge in [-0.3, -0.25) is 0 Å². The second-order valence-electron chi connectivity index (χ2n) is 29.3. The van der Waals surface area contributed by atoms with Crippen LogP contribution in [-0.2, 0) is 47.3 Å². The molecule has 0 saturated heterocycles. The molecule has 502 valence electrons. The lowest BCUT2D eigenvalue weighted by Gasteiger charge is -2.19. The summed E-state index contributed by atoms with van der Waals surface area (Å²) in [6, 6.07) is 46.8. The van der Waals surface area contributed by atoms with Gasteiger partial charge in [0.2, 0.25) is 0 Å². The van der Waals surface area contributed by atoms with Crippen LogP contribution in [0.2, 0.25) is 0 Å². The first-order valence-corrected chi connectivity index (χ1v) is 33.0. The molecular formula is C78H105BrF3N3O6S. The van der Waals surface area contributed by atoms with E-state index in [1.54, 1.807) is 12.1 Å². The molecule has 1 amide bonds. The first-order chi connectivity index (χ1) is 41.9. The third-order valence-electron chi connectivity index (χ3n) is 13.0. The van der Waals surface area contributed by atoms with Gasteiger partial charge in [0.25, 0.3) is 0 Å². The summed E-state index contributed by atoms with van der Waals surface area (Å²) in [6.45, 7) is 49.9. The van der Waals surface area contributed by atoms with E-state index in [-0.39, 0.29) is 44.8 Å². The van der Waals surface area contributed by atoms with Crippen molar-refractivity contribution in [1.29, 1.82) is 0 Å². The van der Waals surface area contributed by atoms with Crippen molar-refractivity contribution in [2.24, 2.45) is 5.73 Å². The molecule has 6 rings (SSSR count). The Morgan fingerprint density at radius 2 is 0.761 bits per heavy atom. The Morgan fingerprint density at radius 3 is 1.04 bits per heavy atom. The first-order valence-electron chi connectivity index (χ1n) is 30.8. The summed E-state index contributed by atoms with van der Waals surface area (Å²) in [5, 5.41) is 14.9. The summed E-state index contributed by atoms with van der Waals surface area (Å²) >= 11 is 3.41. The highest BCUT2D eigenvalue weighted by Gasteiger charge is 2.48. The normalized spacial score (nSPS) is 11.7. The van der Waals surface area contributed by atoms with E-state index in [0.717, 1.165) is 33.3 Å². The van der Waals surface area contributed by atoms with E-state index < -0.39 is 27.3 Å². The fourth-order valence-electron chi connectivity index (χ4n) is 7.39. The molecule has 0 atom stereocenters. The zero-order valence-electron chi connectivity index (χ0n) is 59.0. The molecule has 14 heteroatoms. The topological polar surface area (TPSA) is 140 Å². The molecular weight excluding hydrogens is 1240 g/mol. The van der Waals surface area contributed by atoms with Crippen LogP contribution in [0.4, 0.5) is 18.0 Å². The monoisotopic (exact) mass is 1350 g/mol. The minimum atomic E-state index is -5.60. The predicted octanol–water partition coefficient (Wildman–Crippen LogP) is 19.1. The van der Waals surface area contributed by atoms with Crippen LogP contribution in [0.5, 0.6) is 11.5 Å². The highest BCUT2D eigenvalue weighted by Crippen LogP contribution is 2.30. The number of hydrogen-bond donors (Lipinski definition) is 4. The molecule has 92 heavy (non-hydrogen) atoms. The van der Waals surface area contributed by atoms with E-state index in [1.165, 1.54) is 52.1 Å². The molecule has 0 radical (unpaired) electrons. The van der Waals surface area contributed by atoms with E-state index in [9.17, 15) is 26.4 Å². The van der Waals surface area contributed by atoms with Crippen molar-refractivity contribution in [2.45, 2.75) is 209 Å². The van der Waals surface area contributed by atoms with E-state index in [0.29, 0.717) is 18.3 Å². The fourth-order valence-corrected chi connectivity index (χ4v) is 8.11. The fraction of sp³-hybridized carbons (Fsp3) is 0.449. The summed E-state index contributed by atoms with van der Waals surface area (Å²) in [7, 11) is -5.60. The number of benzene rings is 6. The molecule has 0 spiro atoms. The lowest BCUT2D eigenvalue weighted by molar-refractivity contribution is -0.0500. The highest BCUT2D eigenvalue weighted by molar-refractivity contribution is 9.10. The zero-order chi connectivity index (χ0) is 70.7. The van der Waals surface area contributed by atoms with Crippen LogP contribution in [0, 0.1) is 35.5 Å². The Hall–Kier alpha value is -6.99. The number of phenols is 1. The van der Waals surface area contributed by atoms with Gasteiger partial charge in [0.1, 0.15) is 17.1 Å². The van der Waals surface area contributed by atoms with E-state index in [4.69, 9.17) is 15.6 Å². The van der Waals surface area contributed by atoms with Gasteiger partial charge < -0.3 is 30.4 Å². The van der Waals surface area contributed by atoms with Crippen LogP contribution in [-0.4, -0.2) is 56.4 Å². The number of nitrogens with two attached hydrogens (primary N) is 1. The lowest BCUT2D eigenvalue weighted by atomic mass is 9.87. The van der Waals surface area contributed by atoms with Crippen LogP contribution < -0.4 is 20.6 Å². The highest BCUT2D eigenvalue weighted by atomic mass is 79.9. The molecule has 0 aliphatic carbocycles. The molecule has 0 saturated carbocycles. The maximum atomic E-state index is 12.1. The Morgan fingerprint density at radius 1 is 0.478 bits per heavy atom. The minimum absolute atomic E-state index is 0.143. The number of phenolic OH excluding ortho intramolecular Hbond substituents is 1. The third-order valence-corrected chi connectivity index (χ3v) is 14.5. The van der Waals surface area contributed by atoms with Crippen LogP contribution in [0.25, 0.3) is 0 Å². The van der Waals surface area contributed by atoms with Gasteiger partial charge in [0.15, 0.2) is 0 Å². The summed E-state index contributed by atoms with van der Waals surface area (Å²) in [5.41, 5.74) is 10.7. The van der Waals surface area contributed by atoms with Gasteiger partial charge in [-0.2, -0.15) is 21.6 Å². The summed E-state index contributed by atoms with van der Waals surface area (Å²) in [4.78, 5) is 11.4. The molecule has 0 bridgehead atoms. The summed E-state index contributed by atoms with van der Waals surface area (Å²) in [6.07, 6.45) is -0.445. The smallest absolute Gasteiger partial charge is 0.508 e. The van der Waals surface area contributed by atoms with Gasteiger partial charge in [-0.05, 0) is 173 Å². The largest absolute Gasteiger partial charge is 0.534 e. The predicted molar refractivity (Wildman–Crippen MR) is 383 cm³/mol. The molecule has 0 aliphatic rings. The first kappa shape index (κ1) is 83.0. The number of alkyl halides is 3. The average molecular weight is 1350 g/mol. The third kappa shape index (κ3) is 35.2. The molecule has 0 unspecified atom stereocenters. The van der Waals surface area contributed by atoms with E-state index in [1.807, 2.05) is 77.9 Å². The van der Waals surface area contributed by atoms with Gasteiger partial charge in [-0.1, -0.05) is 249 Å². The van der Waals surface area contributed by atoms with E-state index >= 15 is 0 Å². The van der Waals surface area contributed by atoms with Gasteiger partial charge >= 0.3 is 21.7 Å². The van der Waals surface area contributed by atoms with Gasteiger partial charge in [0.05, 0.1) is 19.6 Å². The zero-order valence-corrected chi connectivity index (χ0v) is 61.4. The SMILES string of the molecule is CC(C)(C)OC(=O)NCC#Cc1ccc(C(C)(C)C)cc1.CC(C)(C)c1ccc(Br)cc1.CC(C)(C)c1ccc(C#CCN)cc1.CC(C)(C)c1ccc(O)cc1.CC(C)(C)c1ccc(OS(=O)(=O)C(F)(F)F)cc1.CC(C)NCC#Cc1ccc(C(C)(C)C)cc1. The molecule has 0 heterocycles. The summed E-state index contributed by atoms with van der Waals surface area (Å²) in [5.74, 6) is 18.1. The number of aromatic hydroxyl groups is 1. The summed E-state index contributed by atoms with van der Waals surface area (Å²) < 4.78 is 68.0. The van der Waals surface area contributed by atoms with Crippen molar-refractivity contribution >= 4 is 32.1 Å². The Labute approximate surface area is 561 Å². The quantitative estimate of drug-likeness (QED) is 0.0760. The van der Waals surface area contributed by atoms with Gasteiger partial charge in [0, 0.05) is 27.2 Å².